The highest BCUT2D eigenvalue weighted by Crippen LogP contribution is 2.26. The van der Waals surface area contributed by atoms with E-state index in [1.165, 1.54) is 23.3 Å². The number of thiophene rings is 1. The molecule has 0 bridgehead atoms. The van der Waals surface area contributed by atoms with Crippen molar-refractivity contribution in [2.24, 2.45) is 0 Å². The summed E-state index contributed by atoms with van der Waals surface area (Å²) >= 11 is 1.27. The molecule has 0 saturated carbocycles. The van der Waals surface area contributed by atoms with Crippen LogP contribution in [-0.4, -0.2) is 41.6 Å². The van der Waals surface area contributed by atoms with Gasteiger partial charge in [-0.15, -0.1) is 11.3 Å². The highest BCUT2D eigenvalue weighted by Gasteiger charge is 2.34. The first-order valence-corrected chi connectivity index (χ1v) is 6.17. The first-order chi connectivity index (χ1) is 8.13. The van der Waals surface area contributed by atoms with Crippen LogP contribution < -0.4 is 4.74 Å². The maximum atomic E-state index is 12.1. The molecule has 1 amide bonds. The second-order valence-corrected chi connectivity index (χ2v) is 4.76. The van der Waals surface area contributed by atoms with Crippen molar-refractivity contribution in [3.05, 3.63) is 16.3 Å². The largest absolute Gasteiger partial charge is 0.496 e. The first kappa shape index (κ1) is 11.9. The molecule has 1 N–H and O–H groups in total. The molecule has 0 aliphatic carbocycles. The van der Waals surface area contributed by atoms with Crippen molar-refractivity contribution < 1.29 is 19.4 Å². The first-order valence-electron chi connectivity index (χ1n) is 5.30. The molecular formula is C11H13NO4S. The Balaban J connectivity index is 2.16. The number of hydrogen-bond donors (Lipinski definition) is 1. The number of amides is 1. The average molecular weight is 255 g/mol. The third-order valence-electron chi connectivity index (χ3n) is 2.82. The number of carboxylic acid groups (broad SMARTS) is 1. The Morgan fingerprint density at radius 2 is 2.35 bits per heavy atom. The van der Waals surface area contributed by atoms with E-state index in [2.05, 4.69) is 0 Å². The third kappa shape index (κ3) is 2.26. The number of carbonyl (C=O) groups excluding carboxylic acids is 1. The van der Waals surface area contributed by atoms with Crippen LogP contribution in [0.15, 0.2) is 11.4 Å². The maximum Gasteiger partial charge on any atom is 0.326 e. The van der Waals surface area contributed by atoms with E-state index in [1.54, 1.807) is 11.4 Å². The lowest BCUT2D eigenvalue weighted by atomic mass is 10.2. The molecule has 0 radical (unpaired) electrons. The normalized spacial score (nSPS) is 19.4. The lowest BCUT2D eigenvalue weighted by molar-refractivity contribution is -0.141. The fourth-order valence-electron chi connectivity index (χ4n) is 1.95. The number of hydrogen-bond acceptors (Lipinski definition) is 4. The molecule has 5 nitrogen and oxygen atoms in total. The highest BCUT2D eigenvalue weighted by molar-refractivity contribution is 7.12. The molecule has 0 spiro atoms. The van der Waals surface area contributed by atoms with Crippen molar-refractivity contribution in [3.8, 4) is 5.75 Å². The Hall–Kier alpha value is -1.56. The summed E-state index contributed by atoms with van der Waals surface area (Å²) in [4.78, 5) is 25.0. The highest BCUT2D eigenvalue weighted by atomic mass is 32.1. The molecule has 1 unspecified atom stereocenters. The quantitative estimate of drug-likeness (QED) is 0.887. The van der Waals surface area contributed by atoms with Gasteiger partial charge in [0.05, 0.1) is 12.0 Å². The van der Waals surface area contributed by atoms with Gasteiger partial charge in [-0.3, -0.25) is 4.79 Å². The summed E-state index contributed by atoms with van der Waals surface area (Å²) in [6.45, 7) is 0.510. The minimum atomic E-state index is -0.931. The van der Waals surface area contributed by atoms with E-state index < -0.39 is 12.0 Å². The Kier molecular flexibility index (Phi) is 3.33. The van der Waals surface area contributed by atoms with Crippen LogP contribution in [0.3, 0.4) is 0 Å². The Morgan fingerprint density at radius 1 is 1.59 bits per heavy atom. The summed E-state index contributed by atoms with van der Waals surface area (Å²) < 4.78 is 5.01. The third-order valence-corrected chi connectivity index (χ3v) is 3.72. The van der Waals surface area contributed by atoms with Crippen LogP contribution in [0.25, 0.3) is 0 Å². The number of ether oxygens (including phenoxy) is 1. The Labute approximate surface area is 103 Å². The fraction of sp³-hybridized carbons (Fsp3) is 0.455. The average Bonchev–Trinajstić information content (AvgIpc) is 2.97. The molecule has 6 heteroatoms. The molecule has 1 saturated heterocycles. The van der Waals surface area contributed by atoms with Gasteiger partial charge in [-0.2, -0.15) is 0 Å². The van der Waals surface area contributed by atoms with Gasteiger partial charge < -0.3 is 14.7 Å². The number of carbonyl (C=O) groups is 2. The van der Waals surface area contributed by atoms with Crippen molar-refractivity contribution in [1.29, 1.82) is 0 Å². The molecule has 1 aliphatic heterocycles. The number of likely N-dealkylation sites (tertiary alicyclic amines) is 1. The van der Waals surface area contributed by atoms with Gasteiger partial charge in [-0.1, -0.05) is 0 Å². The van der Waals surface area contributed by atoms with Gasteiger partial charge in [-0.25, -0.2) is 4.79 Å². The molecule has 1 atom stereocenters. The number of methoxy groups -OCH3 is 1. The van der Waals surface area contributed by atoms with E-state index in [4.69, 9.17) is 9.84 Å². The number of nitrogens with zero attached hydrogens (tertiary/aromatic N) is 1. The number of carboxylic acids is 1. The summed E-state index contributed by atoms with van der Waals surface area (Å²) in [6, 6.07) is 0.958. The van der Waals surface area contributed by atoms with Crippen LogP contribution in [-0.2, 0) is 4.79 Å². The predicted octanol–water partition coefficient (Wildman–Crippen LogP) is 1.45. The molecule has 1 fully saturated rings. The zero-order chi connectivity index (χ0) is 12.4. The van der Waals surface area contributed by atoms with Crippen molar-refractivity contribution in [2.75, 3.05) is 13.7 Å². The smallest absolute Gasteiger partial charge is 0.326 e. The minimum absolute atomic E-state index is 0.219. The van der Waals surface area contributed by atoms with Crippen molar-refractivity contribution in [1.82, 2.24) is 4.90 Å². The maximum absolute atomic E-state index is 12.1. The second kappa shape index (κ2) is 4.75. The van der Waals surface area contributed by atoms with Gasteiger partial charge in [0.15, 0.2) is 0 Å². The zero-order valence-electron chi connectivity index (χ0n) is 9.38. The predicted molar refractivity (Wildman–Crippen MR) is 62.6 cm³/mol. The molecule has 92 valence electrons. The monoisotopic (exact) mass is 255 g/mol. The summed E-state index contributed by atoms with van der Waals surface area (Å²) in [7, 11) is 1.53. The summed E-state index contributed by atoms with van der Waals surface area (Å²) in [5.41, 5.74) is 0. The van der Waals surface area contributed by atoms with Gasteiger partial charge in [-0.05, 0) is 12.8 Å². The molecule has 0 aromatic carbocycles. The lowest BCUT2D eigenvalue weighted by Crippen LogP contribution is -2.40. The van der Waals surface area contributed by atoms with Crippen LogP contribution >= 0.6 is 11.3 Å². The van der Waals surface area contributed by atoms with E-state index >= 15 is 0 Å². The van der Waals surface area contributed by atoms with Crippen LogP contribution in [0.1, 0.15) is 22.5 Å². The van der Waals surface area contributed by atoms with Crippen LogP contribution in [0.4, 0.5) is 0 Å². The van der Waals surface area contributed by atoms with Gasteiger partial charge in [0, 0.05) is 18.0 Å². The molecule has 17 heavy (non-hydrogen) atoms. The standard InChI is InChI=1S/C11H13NO4S/c1-16-7-5-9(17-6-7)10(13)12-4-2-3-8(12)11(14)15/h5-6,8H,2-4H2,1H3,(H,14,15). The van der Waals surface area contributed by atoms with Crippen LogP contribution in [0.5, 0.6) is 5.75 Å². The molecule has 2 heterocycles. The molecule has 1 aliphatic rings. The van der Waals surface area contributed by atoms with E-state index in [0.717, 1.165) is 6.42 Å². The second-order valence-electron chi connectivity index (χ2n) is 3.85. The number of rotatable bonds is 3. The SMILES string of the molecule is COc1csc(C(=O)N2CCCC2C(=O)O)c1. The minimum Gasteiger partial charge on any atom is -0.496 e. The zero-order valence-corrected chi connectivity index (χ0v) is 10.2. The van der Waals surface area contributed by atoms with E-state index in [0.29, 0.717) is 23.6 Å². The lowest BCUT2D eigenvalue weighted by Gasteiger charge is -2.20. The summed E-state index contributed by atoms with van der Waals surface area (Å²) in [5, 5.41) is 10.8. The molecule has 1 aromatic heterocycles. The van der Waals surface area contributed by atoms with Crippen molar-refractivity contribution >= 4 is 23.2 Å². The fourth-order valence-corrected chi connectivity index (χ4v) is 2.76. The molecule has 1 aromatic rings. The van der Waals surface area contributed by atoms with Gasteiger partial charge in [0.1, 0.15) is 11.8 Å². The Bertz CT molecular complexity index is 442. The van der Waals surface area contributed by atoms with Crippen molar-refractivity contribution in [3.63, 3.8) is 0 Å². The van der Waals surface area contributed by atoms with E-state index in [9.17, 15) is 9.59 Å². The summed E-state index contributed by atoms with van der Waals surface area (Å²) in [6.07, 6.45) is 1.27. The number of aliphatic carboxylic acids is 1. The topological polar surface area (TPSA) is 66.8 Å². The van der Waals surface area contributed by atoms with E-state index in [-0.39, 0.29) is 5.91 Å². The van der Waals surface area contributed by atoms with Gasteiger partial charge in [0.25, 0.3) is 5.91 Å². The van der Waals surface area contributed by atoms with Crippen molar-refractivity contribution in [2.45, 2.75) is 18.9 Å². The van der Waals surface area contributed by atoms with Gasteiger partial charge in [0.2, 0.25) is 0 Å². The summed E-state index contributed by atoms with van der Waals surface area (Å²) in [5.74, 6) is -0.521. The molecule has 2 rings (SSSR count). The Morgan fingerprint density at radius 3 is 2.94 bits per heavy atom. The van der Waals surface area contributed by atoms with Crippen LogP contribution in [0, 0.1) is 0 Å². The van der Waals surface area contributed by atoms with Crippen LogP contribution in [0.2, 0.25) is 0 Å². The van der Waals surface area contributed by atoms with Gasteiger partial charge >= 0.3 is 5.97 Å². The molecular weight excluding hydrogens is 242 g/mol. The van der Waals surface area contributed by atoms with E-state index in [1.807, 2.05) is 0 Å².